The third-order valence-electron chi connectivity index (χ3n) is 12.0. The van der Waals surface area contributed by atoms with Gasteiger partial charge in [-0.05, 0) is 39.5 Å². The van der Waals surface area contributed by atoms with E-state index in [9.17, 15) is 48.6 Å². The summed E-state index contributed by atoms with van der Waals surface area (Å²) >= 11 is 0. The summed E-state index contributed by atoms with van der Waals surface area (Å²) < 4.78 is 0. The van der Waals surface area contributed by atoms with Crippen LogP contribution >= 0.6 is 0 Å². The number of nitrogens with one attached hydrogen (secondary N) is 5. The van der Waals surface area contributed by atoms with E-state index in [-0.39, 0.29) is 69.6 Å². The van der Waals surface area contributed by atoms with Crippen LogP contribution in [-0.4, -0.2) is 91.4 Å². The van der Waals surface area contributed by atoms with Gasteiger partial charge in [-0.25, -0.2) is 15.5 Å². The van der Waals surface area contributed by atoms with Crippen LogP contribution in [0.25, 0.3) is 0 Å². The molecule has 3 amide bonds. The number of hydrogen-bond donors (Lipinski definition) is 6. The number of nitrogens with zero attached hydrogens (tertiary/aromatic N) is 1. The lowest BCUT2D eigenvalue weighted by atomic mass is 9.71. The van der Waals surface area contributed by atoms with Gasteiger partial charge in [0.25, 0.3) is 0 Å². The normalized spacial score (nSPS) is 13.4. The van der Waals surface area contributed by atoms with E-state index in [1.54, 1.807) is 27.7 Å². The van der Waals surface area contributed by atoms with Crippen LogP contribution in [0.2, 0.25) is 0 Å². The quantitative estimate of drug-likeness (QED) is 0.0360. The van der Waals surface area contributed by atoms with Gasteiger partial charge in [-0.2, -0.15) is 0 Å². The van der Waals surface area contributed by atoms with Crippen LogP contribution in [0.5, 0.6) is 0 Å². The standard InChI is InChI=1S/C48H81N6O10/c1-8-9-10-11-12-13-14-15-16-17-18-19-20-24-42(59)53-37(45(63)64)25-26-41(58)51-27-22-21-23-34(44(61)62)28-38(55)46(2,3)30-39(56)47(4,5)31-40(57)48(6,7)54-43(60)36(49)29-35-32-50-33-52-35/h32-34,36-37,49H,8-31H2,1-7H3,(H,50,52)(H,51,58)(H,53,59)(H,54,60)(H,61,62)(H,63,64)/t34-,36+,37+/m1/s1. The van der Waals surface area contributed by atoms with Gasteiger partial charge in [-0.15, -0.1) is 0 Å². The van der Waals surface area contributed by atoms with E-state index in [0.717, 1.165) is 19.3 Å². The molecule has 1 rings (SSSR count). The lowest BCUT2D eigenvalue weighted by molar-refractivity contribution is -0.146. The molecule has 0 unspecified atom stereocenters. The van der Waals surface area contributed by atoms with Crippen molar-refractivity contribution < 1.29 is 48.6 Å². The first-order valence-corrected chi connectivity index (χ1v) is 23.6. The molecule has 0 aliphatic heterocycles. The second-order valence-corrected chi connectivity index (χ2v) is 19.4. The minimum Gasteiger partial charge on any atom is -0.481 e. The van der Waals surface area contributed by atoms with Gasteiger partial charge < -0.3 is 31.1 Å². The molecule has 363 valence electrons. The highest BCUT2D eigenvalue weighted by atomic mass is 16.4. The molecule has 1 aromatic heterocycles. The molecule has 1 heterocycles. The Morgan fingerprint density at radius 2 is 1.22 bits per heavy atom. The van der Waals surface area contributed by atoms with Crippen LogP contribution in [0, 0.1) is 16.7 Å². The zero-order valence-corrected chi connectivity index (χ0v) is 40.0. The van der Waals surface area contributed by atoms with Crippen molar-refractivity contribution in [1.29, 1.82) is 0 Å². The summed E-state index contributed by atoms with van der Waals surface area (Å²) in [7, 11) is 0. The third-order valence-corrected chi connectivity index (χ3v) is 12.0. The molecule has 0 aliphatic rings. The summed E-state index contributed by atoms with van der Waals surface area (Å²) in [4.78, 5) is 109. The summed E-state index contributed by atoms with van der Waals surface area (Å²) in [6, 6.07) is -2.37. The fourth-order valence-electron chi connectivity index (χ4n) is 7.38. The maximum atomic E-state index is 13.5. The number of hydrogen-bond acceptors (Lipinski definition) is 9. The van der Waals surface area contributed by atoms with Crippen LogP contribution in [-0.2, 0) is 44.8 Å². The Morgan fingerprint density at radius 3 is 1.75 bits per heavy atom. The number of aromatic nitrogens is 2. The number of carboxylic acid groups (broad SMARTS) is 2. The number of aromatic amines is 1. The SMILES string of the molecule is CCCCCCCCCCCCCCCC(=O)N[C@@H](CCC(=O)NCCCC[C@H](CC(=O)C(C)(C)CC(=O)C(C)(C)CC(=O)C(C)(C)NC(=O)[C@@H]([NH])Cc1cnc[nH]1)C(=O)O)C(=O)O. The molecule has 16 nitrogen and oxygen atoms in total. The van der Waals surface area contributed by atoms with Crippen molar-refractivity contribution in [3.8, 4) is 0 Å². The largest absolute Gasteiger partial charge is 0.481 e. The van der Waals surface area contributed by atoms with Gasteiger partial charge in [-0.3, -0.25) is 33.6 Å². The molecule has 0 aliphatic carbocycles. The average Bonchev–Trinajstić information content (AvgIpc) is 3.72. The molecule has 0 spiro atoms. The van der Waals surface area contributed by atoms with E-state index in [1.807, 2.05) is 0 Å². The maximum absolute atomic E-state index is 13.5. The van der Waals surface area contributed by atoms with E-state index in [1.165, 1.54) is 84.2 Å². The van der Waals surface area contributed by atoms with Crippen molar-refractivity contribution in [3.63, 3.8) is 0 Å². The molecular weight excluding hydrogens is 821 g/mol. The van der Waals surface area contributed by atoms with Crippen molar-refractivity contribution in [1.82, 2.24) is 31.7 Å². The first-order valence-electron chi connectivity index (χ1n) is 23.6. The highest BCUT2D eigenvalue weighted by molar-refractivity contribution is 5.99. The van der Waals surface area contributed by atoms with E-state index in [2.05, 4.69) is 32.8 Å². The molecule has 3 atom stereocenters. The molecule has 0 bridgehead atoms. The predicted molar refractivity (Wildman–Crippen MR) is 245 cm³/mol. The fraction of sp³-hybridized carbons (Fsp3) is 0.771. The summed E-state index contributed by atoms with van der Waals surface area (Å²) in [5.74, 6) is -6.01. The van der Waals surface area contributed by atoms with Crippen molar-refractivity contribution in [2.24, 2.45) is 16.7 Å². The Hall–Kier alpha value is -4.47. The zero-order chi connectivity index (χ0) is 48.3. The number of imidazole rings is 1. The Kier molecular flexibility index (Phi) is 26.9. The van der Waals surface area contributed by atoms with Crippen LogP contribution in [0.15, 0.2) is 12.5 Å². The van der Waals surface area contributed by atoms with Crippen molar-refractivity contribution in [3.05, 3.63) is 18.2 Å². The highest BCUT2D eigenvalue weighted by Gasteiger charge is 2.41. The summed E-state index contributed by atoms with van der Waals surface area (Å²) in [6.07, 6.45) is 18.6. The molecule has 7 N–H and O–H groups in total. The van der Waals surface area contributed by atoms with Crippen LogP contribution in [0.1, 0.15) is 195 Å². The van der Waals surface area contributed by atoms with Gasteiger partial charge in [0.05, 0.1) is 17.8 Å². The molecule has 16 heteroatoms. The maximum Gasteiger partial charge on any atom is 0.326 e. The topological polar surface area (TPSA) is 266 Å². The summed E-state index contributed by atoms with van der Waals surface area (Å²) in [5.41, 5.74) is 4.95. The van der Waals surface area contributed by atoms with Crippen molar-refractivity contribution >= 4 is 47.0 Å². The Labute approximate surface area is 381 Å². The number of aliphatic carboxylic acids is 2. The summed E-state index contributed by atoms with van der Waals surface area (Å²) in [5, 5.41) is 27.4. The molecule has 1 aromatic rings. The minimum absolute atomic E-state index is 0.0718. The number of amides is 3. The van der Waals surface area contributed by atoms with E-state index in [4.69, 9.17) is 5.73 Å². The minimum atomic E-state index is -1.38. The van der Waals surface area contributed by atoms with Gasteiger partial charge in [-0.1, -0.05) is 118 Å². The summed E-state index contributed by atoms with van der Waals surface area (Å²) in [6.45, 7) is 11.8. The molecule has 64 heavy (non-hydrogen) atoms. The monoisotopic (exact) mass is 902 g/mol. The van der Waals surface area contributed by atoms with Gasteiger partial charge in [0.1, 0.15) is 23.7 Å². The number of unbranched alkanes of at least 4 members (excludes halogenated alkanes) is 13. The van der Waals surface area contributed by atoms with Gasteiger partial charge >= 0.3 is 11.9 Å². The lowest BCUT2D eigenvalue weighted by Crippen LogP contribution is -2.54. The van der Waals surface area contributed by atoms with Crippen molar-refractivity contribution in [2.45, 2.75) is 214 Å². The number of carbonyl (C=O) groups excluding carboxylic acids is 6. The second-order valence-electron chi connectivity index (χ2n) is 19.4. The zero-order valence-electron chi connectivity index (χ0n) is 40.0. The van der Waals surface area contributed by atoms with E-state index < -0.39 is 69.7 Å². The number of rotatable bonds is 38. The highest BCUT2D eigenvalue weighted by Crippen LogP contribution is 2.34. The van der Waals surface area contributed by atoms with Gasteiger partial charge in [0.15, 0.2) is 5.78 Å². The first-order chi connectivity index (χ1) is 30.0. The molecule has 0 fully saturated rings. The molecule has 0 aromatic carbocycles. The molecule has 1 radical (unpaired) electrons. The molecule has 0 saturated carbocycles. The predicted octanol–water partition coefficient (Wildman–Crippen LogP) is 7.25. The molecule has 0 saturated heterocycles. The van der Waals surface area contributed by atoms with Gasteiger partial charge in [0.2, 0.25) is 17.7 Å². The average molecular weight is 902 g/mol. The fourth-order valence-corrected chi connectivity index (χ4v) is 7.38. The molecular formula is C48H81N6O10. The van der Waals surface area contributed by atoms with Crippen LogP contribution in [0.3, 0.4) is 0 Å². The Bertz CT molecular complexity index is 1620. The number of H-pyrrole nitrogens is 1. The number of carbonyl (C=O) groups is 8. The Balaban J connectivity index is 2.43. The van der Waals surface area contributed by atoms with Crippen molar-refractivity contribution in [2.75, 3.05) is 6.54 Å². The van der Waals surface area contributed by atoms with Crippen LogP contribution < -0.4 is 21.7 Å². The van der Waals surface area contributed by atoms with Crippen LogP contribution in [0.4, 0.5) is 0 Å². The third kappa shape index (κ3) is 24.0. The second kappa shape index (κ2) is 29.9. The first kappa shape index (κ1) is 57.5. The number of ketones is 3. The lowest BCUT2D eigenvalue weighted by Gasteiger charge is -2.33. The van der Waals surface area contributed by atoms with Gasteiger partial charge in [0, 0.05) is 67.8 Å². The van der Waals surface area contributed by atoms with E-state index >= 15 is 0 Å². The number of Topliss-reactive ketones (excluding diaryl/α,β-unsaturated/α-hetero) is 3. The Morgan fingerprint density at radius 1 is 0.672 bits per heavy atom. The smallest absolute Gasteiger partial charge is 0.326 e. The number of carboxylic acids is 2. The van der Waals surface area contributed by atoms with E-state index in [0.29, 0.717) is 25.0 Å².